The van der Waals surface area contributed by atoms with Gasteiger partial charge in [-0.1, -0.05) is 0 Å². The summed E-state index contributed by atoms with van der Waals surface area (Å²) in [4.78, 5) is 25.1. The van der Waals surface area contributed by atoms with E-state index in [1.54, 1.807) is 17.4 Å². The topological polar surface area (TPSA) is 124 Å². The van der Waals surface area contributed by atoms with E-state index in [0.717, 1.165) is 18.7 Å². The number of nitrogens with two attached hydrogens (primary N) is 1. The zero-order valence-electron chi connectivity index (χ0n) is 13.4. The zero-order chi connectivity index (χ0) is 17.1. The van der Waals surface area contributed by atoms with Gasteiger partial charge in [0.1, 0.15) is 18.7 Å². The second kappa shape index (κ2) is 6.69. The predicted octanol–water partition coefficient (Wildman–Crippen LogP) is -0.0916. The summed E-state index contributed by atoms with van der Waals surface area (Å²) < 4.78 is 3.27. The summed E-state index contributed by atoms with van der Waals surface area (Å²) in [5.74, 6) is 0.579. The number of urea groups is 1. The molecule has 10 nitrogen and oxygen atoms in total. The first-order chi connectivity index (χ1) is 11.5. The van der Waals surface area contributed by atoms with Gasteiger partial charge in [-0.3, -0.25) is 9.48 Å². The van der Waals surface area contributed by atoms with Gasteiger partial charge in [-0.05, 0) is 12.8 Å². The number of carbonyl (C=O) groups is 2. The Kier molecular flexibility index (Phi) is 4.45. The molecule has 2 aromatic rings. The number of hydrogen-bond acceptors (Lipinski definition) is 5. The second-order valence-corrected chi connectivity index (χ2v) is 5.91. The van der Waals surface area contributed by atoms with Crippen LogP contribution in [0, 0.1) is 0 Å². The van der Waals surface area contributed by atoms with Gasteiger partial charge in [-0.25, -0.2) is 4.79 Å². The Hall–Kier alpha value is -2.91. The summed E-state index contributed by atoms with van der Waals surface area (Å²) >= 11 is 0. The minimum atomic E-state index is -0.487. The molecule has 128 valence electrons. The van der Waals surface area contributed by atoms with Crippen LogP contribution in [-0.2, 0) is 18.4 Å². The van der Waals surface area contributed by atoms with Crippen molar-refractivity contribution in [2.45, 2.75) is 25.3 Å². The van der Waals surface area contributed by atoms with E-state index >= 15 is 0 Å². The molecule has 0 aliphatic carbocycles. The third-order valence-electron chi connectivity index (χ3n) is 4.02. The number of rotatable bonds is 4. The van der Waals surface area contributed by atoms with E-state index in [1.165, 1.54) is 10.9 Å². The van der Waals surface area contributed by atoms with Gasteiger partial charge < -0.3 is 20.5 Å². The van der Waals surface area contributed by atoms with E-state index < -0.39 is 5.91 Å². The van der Waals surface area contributed by atoms with Crippen molar-refractivity contribution < 1.29 is 9.59 Å². The quantitative estimate of drug-likeness (QED) is 0.809. The van der Waals surface area contributed by atoms with Crippen molar-refractivity contribution in [2.24, 2.45) is 12.8 Å². The van der Waals surface area contributed by atoms with E-state index in [9.17, 15) is 9.59 Å². The van der Waals surface area contributed by atoms with Gasteiger partial charge in [0, 0.05) is 32.3 Å². The molecule has 0 saturated carbocycles. The molecular weight excluding hydrogens is 312 g/mol. The zero-order valence-corrected chi connectivity index (χ0v) is 13.4. The number of nitrogens with zero attached hydrogens (tertiary/aromatic N) is 6. The first kappa shape index (κ1) is 16.0. The smallest absolute Gasteiger partial charge is 0.321 e. The minimum Gasteiger partial charge on any atom is -0.368 e. The lowest BCUT2D eigenvalue weighted by Crippen LogP contribution is -2.42. The van der Waals surface area contributed by atoms with Crippen LogP contribution in [0.1, 0.15) is 24.6 Å². The highest BCUT2D eigenvalue weighted by Crippen LogP contribution is 2.25. The molecule has 1 fully saturated rings. The average molecular weight is 332 g/mol. The lowest BCUT2D eigenvalue weighted by molar-refractivity contribution is -0.118. The van der Waals surface area contributed by atoms with E-state index in [1.807, 2.05) is 11.6 Å². The molecule has 3 N–H and O–H groups in total. The number of amides is 3. The Morgan fingerprint density at radius 2 is 2.29 bits per heavy atom. The number of primary amides is 1. The first-order valence-corrected chi connectivity index (χ1v) is 7.73. The first-order valence-electron chi connectivity index (χ1n) is 7.73. The van der Waals surface area contributed by atoms with E-state index in [2.05, 4.69) is 20.6 Å². The Bertz CT molecular complexity index is 737. The summed E-state index contributed by atoms with van der Waals surface area (Å²) in [7, 11) is 1.90. The summed E-state index contributed by atoms with van der Waals surface area (Å²) in [6.45, 7) is 1.26. The average Bonchev–Trinajstić information content (AvgIpc) is 3.16. The van der Waals surface area contributed by atoms with Crippen LogP contribution in [0.3, 0.4) is 0 Å². The maximum atomic E-state index is 12.4. The molecule has 1 atom stereocenters. The number of likely N-dealkylation sites (tertiary alicyclic amines) is 1. The van der Waals surface area contributed by atoms with Crippen LogP contribution in [0.15, 0.2) is 18.7 Å². The molecule has 2 aromatic heterocycles. The van der Waals surface area contributed by atoms with Gasteiger partial charge in [0.15, 0.2) is 0 Å². The van der Waals surface area contributed by atoms with E-state index in [-0.39, 0.29) is 18.5 Å². The Labute approximate surface area is 138 Å². The second-order valence-electron chi connectivity index (χ2n) is 5.91. The molecule has 0 spiro atoms. The van der Waals surface area contributed by atoms with Crippen molar-refractivity contribution in [3.63, 3.8) is 0 Å². The summed E-state index contributed by atoms with van der Waals surface area (Å²) in [5.41, 5.74) is 5.65. The highest BCUT2D eigenvalue weighted by atomic mass is 16.2. The molecule has 0 unspecified atom stereocenters. The Morgan fingerprint density at radius 3 is 3.00 bits per heavy atom. The summed E-state index contributed by atoms with van der Waals surface area (Å²) in [5, 5.41) is 14.8. The van der Waals surface area contributed by atoms with Crippen LogP contribution in [-0.4, -0.2) is 54.5 Å². The molecule has 3 heterocycles. The van der Waals surface area contributed by atoms with Crippen LogP contribution in [0.4, 0.5) is 10.5 Å². The number of carbonyl (C=O) groups excluding carboxylic acids is 2. The molecule has 0 bridgehead atoms. The molecule has 1 saturated heterocycles. The number of anilines is 1. The maximum absolute atomic E-state index is 12.4. The molecular formula is C14H20N8O2. The summed E-state index contributed by atoms with van der Waals surface area (Å²) in [6, 6.07) is -0.194. The Morgan fingerprint density at radius 1 is 1.46 bits per heavy atom. The van der Waals surface area contributed by atoms with Gasteiger partial charge >= 0.3 is 6.03 Å². The van der Waals surface area contributed by atoms with Crippen LogP contribution in [0.25, 0.3) is 0 Å². The van der Waals surface area contributed by atoms with Gasteiger partial charge in [0.2, 0.25) is 5.91 Å². The minimum absolute atomic E-state index is 0.0200. The summed E-state index contributed by atoms with van der Waals surface area (Å²) in [6.07, 6.45) is 6.62. The predicted molar refractivity (Wildman–Crippen MR) is 85.0 cm³/mol. The van der Waals surface area contributed by atoms with Crippen molar-refractivity contribution in [1.29, 1.82) is 0 Å². The van der Waals surface area contributed by atoms with Crippen molar-refractivity contribution in [3.05, 3.63) is 24.5 Å². The van der Waals surface area contributed by atoms with Crippen molar-refractivity contribution in [3.8, 4) is 0 Å². The standard InChI is InChI=1S/C14H20N8O2/c1-20-9-16-19-13(20)10-3-2-4-21(6-10)14(24)18-11-5-17-22(7-11)8-12(15)23/h5,7,9-10H,2-4,6,8H2,1H3,(H2,15,23)(H,18,24)/t10-/m0/s1. The lowest BCUT2D eigenvalue weighted by Gasteiger charge is -2.32. The molecule has 0 radical (unpaired) electrons. The number of piperidine rings is 1. The van der Waals surface area contributed by atoms with Crippen LogP contribution in [0.5, 0.6) is 0 Å². The fourth-order valence-electron chi connectivity index (χ4n) is 2.91. The number of aromatic nitrogens is 5. The molecule has 10 heteroatoms. The highest BCUT2D eigenvalue weighted by Gasteiger charge is 2.27. The maximum Gasteiger partial charge on any atom is 0.321 e. The van der Waals surface area contributed by atoms with Gasteiger partial charge in [-0.2, -0.15) is 5.10 Å². The van der Waals surface area contributed by atoms with Crippen molar-refractivity contribution >= 4 is 17.6 Å². The van der Waals surface area contributed by atoms with Gasteiger partial charge in [0.05, 0.1) is 11.9 Å². The fraction of sp³-hybridized carbons (Fsp3) is 0.500. The molecule has 3 rings (SSSR count). The van der Waals surface area contributed by atoms with Crippen molar-refractivity contribution in [1.82, 2.24) is 29.4 Å². The Balaban J connectivity index is 1.61. The van der Waals surface area contributed by atoms with E-state index in [0.29, 0.717) is 18.8 Å². The molecule has 24 heavy (non-hydrogen) atoms. The van der Waals surface area contributed by atoms with Crippen LogP contribution >= 0.6 is 0 Å². The third kappa shape index (κ3) is 3.53. The van der Waals surface area contributed by atoms with Crippen LogP contribution in [0.2, 0.25) is 0 Å². The fourth-order valence-corrected chi connectivity index (χ4v) is 2.91. The van der Waals surface area contributed by atoms with Crippen molar-refractivity contribution in [2.75, 3.05) is 18.4 Å². The number of aryl methyl sites for hydroxylation is 1. The normalized spacial score (nSPS) is 17.7. The lowest BCUT2D eigenvalue weighted by atomic mass is 9.97. The molecule has 1 aliphatic rings. The van der Waals surface area contributed by atoms with Gasteiger partial charge in [0.25, 0.3) is 0 Å². The monoisotopic (exact) mass is 332 g/mol. The van der Waals surface area contributed by atoms with Gasteiger partial charge in [-0.15, -0.1) is 10.2 Å². The largest absolute Gasteiger partial charge is 0.368 e. The third-order valence-corrected chi connectivity index (χ3v) is 4.02. The number of hydrogen-bond donors (Lipinski definition) is 2. The number of nitrogens with one attached hydrogen (secondary N) is 1. The van der Waals surface area contributed by atoms with Crippen LogP contribution < -0.4 is 11.1 Å². The molecule has 1 aliphatic heterocycles. The molecule has 3 amide bonds. The van der Waals surface area contributed by atoms with E-state index in [4.69, 9.17) is 5.73 Å². The highest BCUT2D eigenvalue weighted by molar-refractivity contribution is 5.89. The SMILES string of the molecule is Cn1cnnc1[C@H]1CCCN(C(=O)Nc2cnn(CC(N)=O)c2)C1. The molecule has 0 aromatic carbocycles.